The van der Waals surface area contributed by atoms with Crippen molar-refractivity contribution in [3.05, 3.63) is 94.6 Å². The van der Waals surface area contributed by atoms with Gasteiger partial charge in [-0.2, -0.15) is 18.4 Å². The van der Waals surface area contributed by atoms with Crippen LogP contribution in [0.3, 0.4) is 0 Å². The molecule has 3 heterocycles. The average Bonchev–Trinajstić information content (AvgIpc) is 3.98. The number of aliphatic hydroxyl groups is 1. The topological polar surface area (TPSA) is 187 Å². The van der Waals surface area contributed by atoms with Gasteiger partial charge in [0.25, 0.3) is 5.91 Å². The van der Waals surface area contributed by atoms with Crippen molar-refractivity contribution in [1.82, 2.24) is 20.5 Å². The summed E-state index contributed by atoms with van der Waals surface area (Å²) in [6.07, 6.45) is -4.32. The number of nitrogens with one attached hydrogen (secondary N) is 2. The summed E-state index contributed by atoms with van der Waals surface area (Å²) in [6, 6.07) is 17.3. The smallest absolute Gasteiger partial charge is 0.417 e. The molecule has 6 rings (SSSR count). The van der Waals surface area contributed by atoms with Crippen LogP contribution in [0.15, 0.2) is 72.2 Å². The first-order chi connectivity index (χ1) is 33.1. The van der Waals surface area contributed by atoms with Gasteiger partial charge in [-0.05, 0) is 105 Å². The van der Waals surface area contributed by atoms with Crippen LogP contribution < -0.4 is 25.2 Å². The largest absolute Gasteiger partial charge is 0.491 e. The fourth-order valence-corrected chi connectivity index (χ4v) is 9.53. The Labute approximate surface area is 414 Å². The van der Waals surface area contributed by atoms with E-state index in [0.29, 0.717) is 44.1 Å². The number of halogens is 3. The van der Waals surface area contributed by atoms with Crippen molar-refractivity contribution in [2.24, 2.45) is 5.41 Å². The van der Waals surface area contributed by atoms with Crippen LogP contribution in [0.25, 0.3) is 10.4 Å². The number of aromatic nitrogens is 1. The number of hydrogen-bond donors (Lipinski definition) is 3. The molecule has 2 aliphatic heterocycles. The standard InChI is InChI=1S/C50H58F3N7O8S2/c1-31-42(70-30-56-31)33-12-10-32(11-13-33)28-55-44(63)40-26-37(61)29-58(40)45(64)43(48(2,3)4)57-41(62)9-7-8-20-66-21-22-67-23-24-68-38-18-16-35(17-19-38)60-47(69)59(46(65)49(60,5)6)36-15-14-34(27-54)39(25-36)50(51,52)53/h10-19,25,30,37,40,43,61H,7-9,20-24,26,28-29H2,1-6H3,(H,55,63)(H,57,62)/t37-,40+,43-/m1/s1. The third-order valence-electron chi connectivity index (χ3n) is 12.0. The van der Waals surface area contributed by atoms with Crippen LogP contribution in [-0.4, -0.2) is 107 Å². The zero-order valence-corrected chi connectivity index (χ0v) is 41.6. The summed E-state index contributed by atoms with van der Waals surface area (Å²) >= 11 is 7.17. The maximum Gasteiger partial charge on any atom is 0.417 e. The van der Waals surface area contributed by atoms with Gasteiger partial charge in [0, 0.05) is 38.2 Å². The van der Waals surface area contributed by atoms with Crippen molar-refractivity contribution in [3.8, 4) is 22.3 Å². The van der Waals surface area contributed by atoms with E-state index in [4.69, 9.17) is 26.4 Å². The molecule has 4 amide bonds. The molecule has 0 aliphatic carbocycles. The second kappa shape index (κ2) is 22.8. The lowest BCUT2D eigenvalue weighted by Gasteiger charge is -2.35. The maximum atomic E-state index is 14.0. The molecular formula is C50H58F3N7O8S2. The molecular weight excluding hydrogens is 948 g/mol. The number of nitrogens with zero attached hydrogens (tertiary/aromatic N) is 5. The Balaban J connectivity index is 0.867. The van der Waals surface area contributed by atoms with Crippen LogP contribution in [0, 0.1) is 23.7 Å². The van der Waals surface area contributed by atoms with E-state index in [-0.39, 0.29) is 61.8 Å². The summed E-state index contributed by atoms with van der Waals surface area (Å²) in [5.74, 6) is -1.13. The highest BCUT2D eigenvalue weighted by atomic mass is 32.1. The Kier molecular flexibility index (Phi) is 17.4. The highest BCUT2D eigenvalue weighted by molar-refractivity contribution is 7.81. The number of amides is 4. The SMILES string of the molecule is Cc1ncsc1-c1ccc(CNC(=O)[C@@H]2C[C@@H](O)CN2C(=O)[C@@H](NC(=O)CCCCOCCOCCOc2ccc(N3C(=S)N(c4ccc(C#N)c(C(F)(F)F)c4)C(=O)C3(C)C)cc2)C(C)(C)C)cc1. The van der Waals surface area contributed by atoms with Gasteiger partial charge >= 0.3 is 6.18 Å². The second-order valence-electron chi connectivity index (χ2n) is 18.6. The van der Waals surface area contributed by atoms with Crippen molar-refractivity contribution in [2.75, 3.05) is 49.4 Å². The molecule has 2 fully saturated rings. The van der Waals surface area contributed by atoms with E-state index >= 15 is 0 Å². The zero-order chi connectivity index (χ0) is 51.0. The normalized spacial score (nSPS) is 17.4. The molecule has 15 nitrogen and oxygen atoms in total. The molecule has 4 aromatic rings. The zero-order valence-electron chi connectivity index (χ0n) is 39.9. The first-order valence-corrected chi connectivity index (χ1v) is 24.1. The van der Waals surface area contributed by atoms with Crippen molar-refractivity contribution in [3.63, 3.8) is 0 Å². The third kappa shape index (κ3) is 12.9. The van der Waals surface area contributed by atoms with Gasteiger partial charge < -0.3 is 39.8 Å². The number of carbonyl (C=O) groups excluding carboxylic acids is 4. The number of hydrogen-bond acceptors (Lipinski definition) is 12. The highest BCUT2D eigenvalue weighted by Crippen LogP contribution is 2.40. The van der Waals surface area contributed by atoms with Gasteiger partial charge in [-0.1, -0.05) is 45.0 Å². The Hall–Kier alpha value is -5.98. The van der Waals surface area contributed by atoms with Crippen LogP contribution in [0.5, 0.6) is 5.75 Å². The van der Waals surface area contributed by atoms with E-state index in [2.05, 4.69) is 15.6 Å². The molecule has 3 N–H and O–H groups in total. The summed E-state index contributed by atoms with van der Waals surface area (Å²) in [5, 5.41) is 25.5. The molecule has 3 aromatic carbocycles. The number of thiazole rings is 1. The number of alkyl halides is 3. The summed E-state index contributed by atoms with van der Waals surface area (Å²) < 4.78 is 58.2. The molecule has 2 aliphatic rings. The fraction of sp³-hybridized carbons (Fsp3) is 0.460. The molecule has 0 unspecified atom stereocenters. The summed E-state index contributed by atoms with van der Waals surface area (Å²) in [7, 11) is 0. The van der Waals surface area contributed by atoms with E-state index in [1.54, 1.807) is 65.9 Å². The van der Waals surface area contributed by atoms with Crippen LogP contribution in [0.2, 0.25) is 0 Å². The molecule has 3 atom stereocenters. The molecule has 0 saturated carbocycles. The van der Waals surface area contributed by atoms with Gasteiger partial charge in [-0.3, -0.25) is 24.1 Å². The lowest BCUT2D eigenvalue weighted by Crippen LogP contribution is -2.57. The van der Waals surface area contributed by atoms with Crippen LogP contribution >= 0.6 is 23.6 Å². The van der Waals surface area contributed by atoms with E-state index in [0.717, 1.165) is 38.7 Å². The van der Waals surface area contributed by atoms with Crippen molar-refractivity contribution >= 4 is 63.7 Å². The molecule has 0 bridgehead atoms. The van der Waals surface area contributed by atoms with Crippen LogP contribution in [-0.2, 0) is 41.4 Å². The van der Waals surface area contributed by atoms with E-state index in [9.17, 15) is 42.7 Å². The Morgan fingerprint density at radius 3 is 2.26 bits per heavy atom. The Morgan fingerprint density at radius 1 is 0.971 bits per heavy atom. The van der Waals surface area contributed by atoms with Crippen molar-refractivity contribution in [2.45, 2.75) is 104 Å². The molecule has 2 saturated heterocycles. The number of nitriles is 1. The van der Waals surface area contributed by atoms with Gasteiger partial charge in [0.2, 0.25) is 17.7 Å². The van der Waals surface area contributed by atoms with E-state index in [1.165, 1.54) is 11.0 Å². The summed E-state index contributed by atoms with van der Waals surface area (Å²) in [4.78, 5) is 63.4. The molecule has 0 radical (unpaired) electrons. The minimum Gasteiger partial charge on any atom is -0.491 e. The first kappa shape index (κ1) is 53.4. The predicted molar refractivity (Wildman–Crippen MR) is 262 cm³/mol. The molecule has 0 spiro atoms. The quantitative estimate of drug-likeness (QED) is 0.0593. The summed E-state index contributed by atoms with van der Waals surface area (Å²) in [6.45, 7) is 12.4. The van der Waals surface area contributed by atoms with E-state index < -0.39 is 58.3 Å². The number of unbranched alkanes of at least 4 members (excludes halogenated alkanes) is 1. The first-order valence-electron chi connectivity index (χ1n) is 22.8. The van der Waals surface area contributed by atoms with Gasteiger partial charge in [0.1, 0.15) is 30.0 Å². The monoisotopic (exact) mass is 1010 g/mol. The average molecular weight is 1010 g/mol. The van der Waals surface area contributed by atoms with Crippen molar-refractivity contribution < 1.29 is 51.7 Å². The number of aliphatic hydroxyl groups excluding tert-OH is 1. The highest BCUT2D eigenvalue weighted by Gasteiger charge is 2.51. The van der Waals surface area contributed by atoms with Crippen molar-refractivity contribution in [1.29, 1.82) is 5.26 Å². The fourth-order valence-electron chi connectivity index (χ4n) is 8.19. The number of likely N-dealkylation sites (tertiary alicyclic amines) is 1. The predicted octanol–water partition coefficient (Wildman–Crippen LogP) is 7.32. The Morgan fingerprint density at radius 2 is 1.63 bits per heavy atom. The number of ether oxygens (including phenoxy) is 3. The second-order valence-corrected chi connectivity index (χ2v) is 19.8. The number of thiocarbonyl (C=S) groups is 1. The number of β-amino-alcohol motifs (C(OH)–C–C–N with tert-alkyl or cyclic N) is 1. The van der Waals surface area contributed by atoms with Gasteiger partial charge in [-0.15, -0.1) is 11.3 Å². The summed E-state index contributed by atoms with van der Waals surface area (Å²) in [5.41, 5.74) is 1.47. The molecule has 374 valence electrons. The lowest BCUT2D eigenvalue weighted by molar-refractivity contribution is -0.144. The maximum absolute atomic E-state index is 14.0. The van der Waals surface area contributed by atoms with Gasteiger partial charge in [0.15, 0.2) is 5.11 Å². The van der Waals surface area contributed by atoms with Gasteiger partial charge in [-0.25, -0.2) is 4.98 Å². The van der Waals surface area contributed by atoms with Gasteiger partial charge in [0.05, 0.1) is 64.9 Å². The minimum atomic E-state index is -4.81. The molecule has 1 aromatic heterocycles. The molecule has 70 heavy (non-hydrogen) atoms. The third-order valence-corrected chi connectivity index (χ3v) is 13.3. The Bertz CT molecular complexity index is 2560. The minimum absolute atomic E-state index is 0.0164. The van der Waals surface area contributed by atoms with Crippen LogP contribution in [0.1, 0.15) is 82.7 Å². The molecule has 20 heteroatoms. The van der Waals surface area contributed by atoms with E-state index in [1.807, 2.05) is 52.0 Å². The number of carbonyl (C=O) groups is 4. The van der Waals surface area contributed by atoms with Crippen LogP contribution in [0.4, 0.5) is 24.5 Å². The number of anilines is 2. The lowest BCUT2D eigenvalue weighted by atomic mass is 9.85. The number of benzene rings is 3. The number of aryl methyl sites for hydroxylation is 1. The number of rotatable bonds is 20.